The second-order valence-electron chi connectivity index (χ2n) is 8.01. The molecule has 32 heavy (non-hydrogen) atoms. The number of para-hydroxylation sites is 1. The third-order valence-corrected chi connectivity index (χ3v) is 5.75. The lowest BCUT2D eigenvalue weighted by molar-refractivity contribution is 0.0857. The largest absolute Gasteiger partial charge is 0.376 e. The van der Waals surface area contributed by atoms with Crippen molar-refractivity contribution in [3.8, 4) is 0 Å². The van der Waals surface area contributed by atoms with Gasteiger partial charge in [0.2, 0.25) is 0 Å². The standard InChI is InChI=1S/C25H31N5O2/c1-26-25(27-12-11-20-16-28-23-10-3-2-9-22(20)23)30-15-18-6-4-7-19(14-18)24(31)29-17-21-8-5-13-32-21/h2-4,6-7,9-10,14,16,21,28H,5,8,11-13,15,17H2,1H3,(H,29,31)(H2,26,27,30). The lowest BCUT2D eigenvalue weighted by Gasteiger charge is -2.13. The highest BCUT2D eigenvalue weighted by atomic mass is 16.5. The van der Waals surface area contributed by atoms with E-state index in [1.54, 1.807) is 7.05 Å². The number of aromatic amines is 1. The molecule has 0 radical (unpaired) electrons. The molecular weight excluding hydrogens is 402 g/mol. The number of rotatable bonds is 8. The fourth-order valence-corrected chi connectivity index (χ4v) is 4.00. The summed E-state index contributed by atoms with van der Waals surface area (Å²) in [6, 6.07) is 16.0. The summed E-state index contributed by atoms with van der Waals surface area (Å²) < 4.78 is 5.57. The first-order chi connectivity index (χ1) is 15.7. The number of carbonyl (C=O) groups is 1. The second kappa shape index (κ2) is 10.8. The molecule has 1 fully saturated rings. The number of aromatic nitrogens is 1. The third kappa shape index (κ3) is 5.68. The first-order valence-corrected chi connectivity index (χ1v) is 11.2. The zero-order valence-corrected chi connectivity index (χ0v) is 18.5. The van der Waals surface area contributed by atoms with Gasteiger partial charge in [-0.15, -0.1) is 0 Å². The van der Waals surface area contributed by atoms with Gasteiger partial charge in [-0.2, -0.15) is 0 Å². The average molecular weight is 434 g/mol. The van der Waals surface area contributed by atoms with Crippen molar-refractivity contribution in [1.82, 2.24) is 20.9 Å². The summed E-state index contributed by atoms with van der Waals surface area (Å²) in [4.78, 5) is 20.1. The molecule has 4 rings (SSSR count). The van der Waals surface area contributed by atoms with E-state index >= 15 is 0 Å². The van der Waals surface area contributed by atoms with Crippen LogP contribution in [0.4, 0.5) is 0 Å². The van der Waals surface area contributed by atoms with Crippen molar-refractivity contribution in [2.45, 2.75) is 31.9 Å². The minimum atomic E-state index is -0.0661. The molecule has 1 aliphatic rings. The van der Waals surface area contributed by atoms with Gasteiger partial charge in [-0.05, 0) is 48.6 Å². The molecule has 0 saturated carbocycles. The summed E-state index contributed by atoms with van der Waals surface area (Å²) >= 11 is 0. The van der Waals surface area contributed by atoms with E-state index in [0.29, 0.717) is 18.7 Å². The zero-order chi connectivity index (χ0) is 22.2. The highest BCUT2D eigenvalue weighted by molar-refractivity contribution is 5.94. The predicted molar refractivity (Wildman–Crippen MR) is 128 cm³/mol. The van der Waals surface area contributed by atoms with Crippen LogP contribution < -0.4 is 16.0 Å². The normalized spacial score (nSPS) is 16.3. The molecule has 1 aliphatic heterocycles. The first-order valence-electron chi connectivity index (χ1n) is 11.2. The Bertz CT molecular complexity index is 1070. The van der Waals surface area contributed by atoms with Crippen molar-refractivity contribution in [3.05, 3.63) is 71.4 Å². The summed E-state index contributed by atoms with van der Waals surface area (Å²) in [5, 5.41) is 10.9. The van der Waals surface area contributed by atoms with Crippen LogP contribution in [0.25, 0.3) is 10.9 Å². The zero-order valence-electron chi connectivity index (χ0n) is 18.5. The molecule has 1 unspecified atom stereocenters. The number of aliphatic imine (C=N–C) groups is 1. The molecule has 1 aromatic heterocycles. The smallest absolute Gasteiger partial charge is 0.251 e. The van der Waals surface area contributed by atoms with Gasteiger partial charge in [-0.1, -0.05) is 30.3 Å². The Labute approximate surface area is 188 Å². The Morgan fingerprint density at radius 1 is 1.16 bits per heavy atom. The number of amides is 1. The van der Waals surface area contributed by atoms with Crippen molar-refractivity contribution >= 4 is 22.8 Å². The van der Waals surface area contributed by atoms with Crippen LogP contribution in [0.5, 0.6) is 0 Å². The number of ether oxygens (including phenoxy) is 1. The van der Waals surface area contributed by atoms with Crippen molar-refractivity contribution in [1.29, 1.82) is 0 Å². The quantitative estimate of drug-likeness (QED) is 0.325. The highest BCUT2D eigenvalue weighted by Gasteiger charge is 2.16. The molecule has 2 heterocycles. The van der Waals surface area contributed by atoms with Crippen LogP contribution >= 0.6 is 0 Å². The van der Waals surface area contributed by atoms with E-state index in [9.17, 15) is 4.79 Å². The number of carbonyl (C=O) groups excluding carboxylic acids is 1. The van der Waals surface area contributed by atoms with Gasteiger partial charge in [0.05, 0.1) is 6.10 Å². The van der Waals surface area contributed by atoms with E-state index in [4.69, 9.17) is 4.74 Å². The number of fused-ring (bicyclic) bond motifs is 1. The van der Waals surface area contributed by atoms with Crippen molar-refractivity contribution in [2.75, 3.05) is 26.7 Å². The van der Waals surface area contributed by atoms with Crippen LogP contribution in [0.1, 0.15) is 34.3 Å². The van der Waals surface area contributed by atoms with E-state index in [-0.39, 0.29) is 12.0 Å². The number of guanidine groups is 1. The van der Waals surface area contributed by atoms with Crippen molar-refractivity contribution in [3.63, 3.8) is 0 Å². The third-order valence-electron chi connectivity index (χ3n) is 5.75. The minimum absolute atomic E-state index is 0.0661. The summed E-state index contributed by atoms with van der Waals surface area (Å²) in [6.07, 6.45) is 5.18. The Morgan fingerprint density at radius 2 is 2.06 bits per heavy atom. The van der Waals surface area contributed by atoms with Gasteiger partial charge in [0.25, 0.3) is 5.91 Å². The number of nitrogens with one attached hydrogen (secondary N) is 4. The molecule has 1 saturated heterocycles. The fraction of sp³-hybridized carbons (Fsp3) is 0.360. The summed E-state index contributed by atoms with van der Waals surface area (Å²) in [6.45, 7) is 2.71. The van der Waals surface area contributed by atoms with Crippen molar-refractivity contribution < 1.29 is 9.53 Å². The Morgan fingerprint density at radius 3 is 2.91 bits per heavy atom. The van der Waals surface area contributed by atoms with E-state index < -0.39 is 0 Å². The maximum absolute atomic E-state index is 12.5. The lowest BCUT2D eigenvalue weighted by Crippen LogP contribution is -2.38. The Kier molecular flexibility index (Phi) is 7.40. The molecule has 3 aromatic rings. The summed E-state index contributed by atoms with van der Waals surface area (Å²) in [7, 11) is 1.76. The van der Waals surface area contributed by atoms with Gasteiger partial charge in [-0.3, -0.25) is 9.79 Å². The first kappa shape index (κ1) is 21.9. The summed E-state index contributed by atoms with van der Waals surface area (Å²) in [5.74, 6) is 0.668. The predicted octanol–water partition coefficient (Wildman–Crippen LogP) is 2.98. The topological polar surface area (TPSA) is 90.5 Å². The van der Waals surface area contributed by atoms with Gasteiger partial charge < -0.3 is 25.7 Å². The van der Waals surface area contributed by atoms with Crippen molar-refractivity contribution in [2.24, 2.45) is 4.99 Å². The molecule has 4 N–H and O–H groups in total. The Hall–Kier alpha value is -3.32. The molecule has 7 heteroatoms. The van der Waals surface area contributed by atoms with E-state index in [1.807, 2.05) is 30.3 Å². The molecule has 168 valence electrons. The molecule has 7 nitrogen and oxygen atoms in total. The van der Waals surface area contributed by atoms with Crippen LogP contribution in [0.2, 0.25) is 0 Å². The van der Waals surface area contributed by atoms with Gasteiger partial charge in [0.15, 0.2) is 5.96 Å². The van der Waals surface area contributed by atoms with Crippen LogP contribution in [0.3, 0.4) is 0 Å². The van der Waals surface area contributed by atoms with Crippen LogP contribution in [-0.4, -0.2) is 49.7 Å². The summed E-state index contributed by atoms with van der Waals surface area (Å²) in [5.41, 5.74) is 4.12. The molecule has 1 amide bonds. The lowest BCUT2D eigenvalue weighted by atomic mass is 10.1. The van der Waals surface area contributed by atoms with E-state index in [2.05, 4.69) is 50.3 Å². The molecule has 0 bridgehead atoms. The fourth-order valence-electron chi connectivity index (χ4n) is 4.00. The number of hydrogen-bond acceptors (Lipinski definition) is 3. The molecule has 1 atom stereocenters. The van der Waals surface area contributed by atoms with Gasteiger partial charge >= 0.3 is 0 Å². The Balaban J connectivity index is 1.24. The number of hydrogen-bond donors (Lipinski definition) is 4. The minimum Gasteiger partial charge on any atom is -0.376 e. The van der Waals surface area contributed by atoms with E-state index in [0.717, 1.165) is 49.5 Å². The average Bonchev–Trinajstić information content (AvgIpc) is 3.50. The SMILES string of the molecule is CN=C(NCCc1c[nH]c2ccccc12)NCc1cccc(C(=O)NCC2CCCO2)c1. The number of benzene rings is 2. The molecule has 2 aromatic carbocycles. The van der Waals surface area contributed by atoms with Gasteiger partial charge in [-0.25, -0.2) is 0 Å². The highest BCUT2D eigenvalue weighted by Crippen LogP contribution is 2.17. The monoisotopic (exact) mass is 433 g/mol. The second-order valence-corrected chi connectivity index (χ2v) is 8.01. The number of H-pyrrole nitrogens is 1. The van der Waals surface area contributed by atoms with Crippen LogP contribution in [0, 0.1) is 0 Å². The maximum atomic E-state index is 12.5. The molecule has 0 aliphatic carbocycles. The maximum Gasteiger partial charge on any atom is 0.251 e. The van der Waals surface area contributed by atoms with E-state index in [1.165, 1.54) is 10.9 Å². The van der Waals surface area contributed by atoms with Gasteiger partial charge in [0, 0.05) is 56.0 Å². The molecular formula is C25H31N5O2. The van der Waals surface area contributed by atoms with Crippen LogP contribution in [0.15, 0.2) is 59.7 Å². The molecule has 0 spiro atoms. The van der Waals surface area contributed by atoms with Gasteiger partial charge in [0.1, 0.15) is 0 Å². The number of nitrogens with zero attached hydrogens (tertiary/aromatic N) is 1. The van der Waals surface area contributed by atoms with Crippen LogP contribution in [-0.2, 0) is 17.7 Å².